The Balaban J connectivity index is 1.80. The molecule has 1 aromatic rings. The average Bonchev–Trinajstić information content (AvgIpc) is 2.96. The summed E-state index contributed by atoms with van der Waals surface area (Å²) in [5, 5.41) is 0. The minimum atomic E-state index is 0.575. The molecular formula is C16H25N3O. The Morgan fingerprint density at radius 2 is 2.10 bits per heavy atom. The van der Waals surface area contributed by atoms with Crippen LogP contribution in [0, 0.1) is 6.92 Å². The summed E-state index contributed by atoms with van der Waals surface area (Å²) in [5.41, 5.74) is 2.80. The lowest BCUT2D eigenvalue weighted by atomic mass is 10.0. The van der Waals surface area contributed by atoms with Crippen LogP contribution < -0.4 is 4.90 Å². The first-order valence-corrected chi connectivity index (χ1v) is 7.83. The SMILES string of the molecule is CCN1CCC[C@@H]1c1cnc(N2CCOCC2)cc1C. The first kappa shape index (κ1) is 13.8. The van der Waals surface area contributed by atoms with E-state index in [2.05, 4.69) is 35.9 Å². The zero-order chi connectivity index (χ0) is 13.9. The van der Waals surface area contributed by atoms with Crippen molar-refractivity contribution in [3.05, 3.63) is 23.4 Å². The Morgan fingerprint density at radius 1 is 1.30 bits per heavy atom. The summed E-state index contributed by atoms with van der Waals surface area (Å²) in [5.74, 6) is 1.11. The number of anilines is 1. The number of aryl methyl sites for hydroxylation is 1. The molecule has 0 radical (unpaired) electrons. The van der Waals surface area contributed by atoms with Gasteiger partial charge in [-0.3, -0.25) is 4.90 Å². The number of morpholine rings is 1. The number of ether oxygens (including phenoxy) is 1. The Kier molecular flexibility index (Phi) is 4.22. The fourth-order valence-electron chi connectivity index (χ4n) is 3.42. The Labute approximate surface area is 121 Å². The van der Waals surface area contributed by atoms with Crippen LogP contribution in [0.15, 0.2) is 12.3 Å². The maximum absolute atomic E-state index is 5.41. The number of hydrogen-bond acceptors (Lipinski definition) is 4. The highest BCUT2D eigenvalue weighted by molar-refractivity contribution is 5.44. The monoisotopic (exact) mass is 275 g/mol. The van der Waals surface area contributed by atoms with Crippen LogP contribution in [-0.4, -0.2) is 49.3 Å². The van der Waals surface area contributed by atoms with E-state index in [0.29, 0.717) is 6.04 Å². The lowest BCUT2D eigenvalue weighted by Gasteiger charge is -2.29. The van der Waals surface area contributed by atoms with E-state index in [1.54, 1.807) is 0 Å². The van der Waals surface area contributed by atoms with Gasteiger partial charge in [0.2, 0.25) is 0 Å². The van der Waals surface area contributed by atoms with Gasteiger partial charge in [0.25, 0.3) is 0 Å². The van der Waals surface area contributed by atoms with E-state index in [1.165, 1.54) is 30.5 Å². The third-order valence-corrected chi connectivity index (χ3v) is 4.60. The lowest BCUT2D eigenvalue weighted by Crippen LogP contribution is -2.36. The molecule has 1 aromatic heterocycles. The zero-order valence-corrected chi connectivity index (χ0v) is 12.6. The van der Waals surface area contributed by atoms with E-state index < -0.39 is 0 Å². The number of nitrogens with zero attached hydrogens (tertiary/aromatic N) is 3. The molecule has 0 aliphatic carbocycles. The molecule has 0 saturated carbocycles. The van der Waals surface area contributed by atoms with Crippen molar-refractivity contribution in [2.45, 2.75) is 32.7 Å². The van der Waals surface area contributed by atoms with E-state index in [0.717, 1.165) is 38.7 Å². The molecule has 4 heteroatoms. The summed E-state index contributed by atoms with van der Waals surface area (Å²) in [6.07, 6.45) is 4.69. The van der Waals surface area contributed by atoms with Crippen molar-refractivity contribution < 1.29 is 4.74 Å². The maximum atomic E-state index is 5.41. The third kappa shape index (κ3) is 2.67. The lowest BCUT2D eigenvalue weighted by molar-refractivity contribution is 0.122. The first-order chi connectivity index (χ1) is 9.79. The van der Waals surface area contributed by atoms with Crippen LogP contribution >= 0.6 is 0 Å². The van der Waals surface area contributed by atoms with E-state index in [4.69, 9.17) is 9.72 Å². The van der Waals surface area contributed by atoms with Gasteiger partial charge in [0.15, 0.2) is 0 Å². The van der Waals surface area contributed by atoms with Gasteiger partial charge in [-0.25, -0.2) is 4.98 Å². The molecule has 20 heavy (non-hydrogen) atoms. The Hall–Kier alpha value is -1.13. The number of pyridine rings is 1. The second-order valence-corrected chi connectivity index (χ2v) is 5.79. The highest BCUT2D eigenvalue weighted by Crippen LogP contribution is 2.33. The molecule has 0 N–H and O–H groups in total. The minimum absolute atomic E-state index is 0.575. The number of aromatic nitrogens is 1. The molecule has 2 fully saturated rings. The molecule has 0 unspecified atom stereocenters. The van der Waals surface area contributed by atoms with Gasteiger partial charge in [-0.15, -0.1) is 0 Å². The van der Waals surface area contributed by atoms with Crippen LogP contribution in [0.3, 0.4) is 0 Å². The first-order valence-electron chi connectivity index (χ1n) is 7.83. The van der Waals surface area contributed by atoms with Gasteiger partial charge in [-0.05, 0) is 50.0 Å². The van der Waals surface area contributed by atoms with Crippen LogP contribution in [0.25, 0.3) is 0 Å². The van der Waals surface area contributed by atoms with Gasteiger partial charge in [-0.1, -0.05) is 6.92 Å². The van der Waals surface area contributed by atoms with Crippen molar-refractivity contribution in [1.29, 1.82) is 0 Å². The van der Waals surface area contributed by atoms with E-state index >= 15 is 0 Å². The van der Waals surface area contributed by atoms with Gasteiger partial charge in [0, 0.05) is 25.3 Å². The summed E-state index contributed by atoms with van der Waals surface area (Å²) in [4.78, 5) is 9.61. The predicted octanol–water partition coefficient (Wildman–Crippen LogP) is 2.38. The van der Waals surface area contributed by atoms with Crippen LogP contribution in [0.4, 0.5) is 5.82 Å². The van der Waals surface area contributed by atoms with E-state index in [1.807, 2.05) is 0 Å². The molecule has 4 nitrogen and oxygen atoms in total. The smallest absolute Gasteiger partial charge is 0.128 e. The van der Waals surface area contributed by atoms with Crippen molar-refractivity contribution in [2.75, 3.05) is 44.3 Å². The molecule has 2 aliphatic rings. The van der Waals surface area contributed by atoms with Crippen molar-refractivity contribution in [1.82, 2.24) is 9.88 Å². The zero-order valence-electron chi connectivity index (χ0n) is 12.6. The standard InChI is InChI=1S/C16H25N3O/c1-3-18-6-4-5-15(18)14-12-17-16(11-13(14)2)19-7-9-20-10-8-19/h11-12,15H,3-10H2,1-2H3/t15-/m1/s1. The topological polar surface area (TPSA) is 28.6 Å². The van der Waals surface area contributed by atoms with Crippen LogP contribution in [-0.2, 0) is 4.74 Å². The molecule has 2 aliphatic heterocycles. The highest BCUT2D eigenvalue weighted by Gasteiger charge is 2.26. The largest absolute Gasteiger partial charge is 0.378 e. The molecule has 0 bridgehead atoms. The summed E-state index contributed by atoms with van der Waals surface area (Å²) in [7, 11) is 0. The minimum Gasteiger partial charge on any atom is -0.378 e. The van der Waals surface area contributed by atoms with Crippen molar-refractivity contribution >= 4 is 5.82 Å². The molecule has 3 rings (SSSR count). The quantitative estimate of drug-likeness (QED) is 0.847. The highest BCUT2D eigenvalue weighted by atomic mass is 16.5. The van der Waals surface area contributed by atoms with Crippen molar-refractivity contribution in [3.63, 3.8) is 0 Å². The van der Waals surface area contributed by atoms with Crippen molar-refractivity contribution in [2.24, 2.45) is 0 Å². The number of rotatable bonds is 3. The number of likely N-dealkylation sites (tertiary alicyclic amines) is 1. The molecule has 3 heterocycles. The molecular weight excluding hydrogens is 250 g/mol. The summed E-state index contributed by atoms with van der Waals surface area (Å²) < 4.78 is 5.41. The summed E-state index contributed by atoms with van der Waals surface area (Å²) >= 11 is 0. The fourth-order valence-corrected chi connectivity index (χ4v) is 3.42. The third-order valence-electron chi connectivity index (χ3n) is 4.60. The fraction of sp³-hybridized carbons (Fsp3) is 0.688. The Bertz CT molecular complexity index is 457. The van der Waals surface area contributed by atoms with Gasteiger partial charge in [-0.2, -0.15) is 0 Å². The molecule has 0 amide bonds. The summed E-state index contributed by atoms with van der Waals surface area (Å²) in [6, 6.07) is 2.83. The van der Waals surface area contributed by atoms with Crippen LogP contribution in [0.5, 0.6) is 0 Å². The van der Waals surface area contributed by atoms with Crippen LogP contribution in [0.1, 0.15) is 36.9 Å². The van der Waals surface area contributed by atoms with Crippen molar-refractivity contribution in [3.8, 4) is 0 Å². The molecule has 0 aromatic carbocycles. The van der Waals surface area contributed by atoms with E-state index in [9.17, 15) is 0 Å². The van der Waals surface area contributed by atoms with Gasteiger partial charge in [0.1, 0.15) is 5.82 Å². The van der Waals surface area contributed by atoms with Gasteiger partial charge < -0.3 is 9.64 Å². The normalized spacial score (nSPS) is 24.3. The molecule has 0 spiro atoms. The van der Waals surface area contributed by atoms with Gasteiger partial charge in [0.05, 0.1) is 13.2 Å². The second-order valence-electron chi connectivity index (χ2n) is 5.79. The molecule has 1 atom stereocenters. The van der Waals surface area contributed by atoms with Gasteiger partial charge >= 0.3 is 0 Å². The number of hydrogen-bond donors (Lipinski definition) is 0. The van der Waals surface area contributed by atoms with Crippen LogP contribution in [0.2, 0.25) is 0 Å². The second kappa shape index (κ2) is 6.10. The maximum Gasteiger partial charge on any atom is 0.128 e. The average molecular weight is 275 g/mol. The predicted molar refractivity (Wildman–Crippen MR) is 81.2 cm³/mol. The van der Waals surface area contributed by atoms with E-state index in [-0.39, 0.29) is 0 Å². The summed E-state index contributed by atoms with van der Waals surface area (Å²) in [6.45, 7) is 10.4. The molecule has 110 valence electrons. The molecule has 2 saturated heterocycles. The Morgan fingerprint density at radius 3 is 2.80 bits per heavy atom.